The second-order valence-corrected chi connectivity index (χ2v) is 8.35. The van der Waals surface area contributed by atoms with Crippen LogP contribution in [-0.2, 0) is 16.1 Å². The zero-order valence-corrected chi connectivity index (χ0v) is 18.2. The maximum Gasteiger partial charge on any atom is 0.159 e. The van der Waals surface area contributed by atoms with Crippen molar-refractivity contribution in [3.63, 3.8) is 0 Å². The third kappa shape index (κ3) is 5.07. The Morgan fingerprint density at radius 1 is 1.03 bits per heavy atom. The number of Topliss-reactive ketones (excluding diaryl/α,β-unsaturated/α-hetero) is 1. The van der Waals surface area contributed by atoms with Gasteiger partial charge in [0, 0.05) is 34.7 Å². The van der Waals surface area contributed by atoms with Crippen LogP contribution in [0.2, 0.25) is 5.02 Å². The van der Waals surface area contributed by atoms with Gasteiger partial charge >= 0.3 is 0 Å². The highest BCUT2D eigenvalue weighted by atomic mass is 35.5. The second kappa shape index (κ2) is 10.3. The molecule has 32 heavy (non-hydrogen) atoms. The largest absolute Gasteiger partial charge is 0.376 e. The van der Waals surface area contributed by atoms with Crippen LogP contribution in [0.1, 0.15) is 23.5 Å². The molecule has 0 amide bonds. The summed E-state index contributed by atoms with van der Waals surface area (Å²) in [7, 11) is 0. The van der Waals surface area contributed by atoms with E-state index >= 15 is 4.39 Å². The molecule has 1 fully saturated rings. The minimum Gasteiger partial charge on any atom is -0.376 e. The predicted octanol–water partition coefficient (Wildman–Crippen LogP) is 5.72. The van der Waals surface area contributed by atoms with E-state index in [2.05, 4.69) is 5.32 Å². The molecule has 0 bridgehead atoms. The van der Waals surface area contributed by atoms with Gasteiger partial charge in [0.2, 0.25) is 0 Å². The van der Waals surface area contributed by atoms with E-state index in [0.29, 0.717) is 22.8 Å². The standard InChI is InChI=1S/C26H24ClF2NO2/c27-23-12-5-4-9-19(23)20-10-6-11-21(25(20)29)22(26(31)24-13-18(28)14-30-24)16-32-15-17-7-2-1-3-8-17/h1-12,18,22,24,30H,13-16H2/t18-,22-,24+/m1/s1. The molecule has 3 nitrogen and oxygen atoms in total. The van der Waals surface area contributed by atoms with E-state index in [4.69, 9.17) is 16.3 Å². The molecule has 0 radical (unpaired) electrons. The molecule has 166 valence electrons. The molecule has 4 rings (SSSR count). The van der Waals surface area contributed by atoms with Gasteiger partial charge in [-0.25, -0.2) is 8.78 Å². The summed E-state index contributed by atoms with van der Waals surface area (Å²) in [4.78, 5) is 13.3. The first-order valence-electron chi connectivity index (χ1n) is 10.6. The summed E-state index contributed by atoms with van der Waals surface area (Å²) >= 11 is 6.29. The Hall–Kier alpha value is -2.60. The van der Waals surface area contributed by atoms with Crippen molar-refractivity contribution in [2.24, 2.45) is 0 Å². The van der Waals surface area contributed by atoms with Crippen LogP contribution in [0.4, 0.5) is 8.78 Å². The van der Waals surface area contributed by atoms with Crippen molar-refractivity contribution in [3.05, 3.63) is 94.8 Å². The lowest BCUT2D eigenvalue weighted by Crippen LogP contribution is -2.36. The summed E-state index contributed by atoms with van der Waals surface area (Å²) in [6.45, 7) is 0.405. The quantitative estimate of drug-likeness (QED) is 0.472. The van der Waals surface area contributed by atoms with Crippen LogP contribution in [0, 0.1) is 5.82 Å². The third-order valence-electron chi connectivity index (χ3n) is 5.73. The second-order valence-electron chi connectivity index (χ2n) is 7.94. The van der Waals surface area contributed by atoms with Crippen molar-refractivity contribution in [3.8, 4) is 11.1 Å². The molecule has 3 aromatic rings. The minimum absolute atomic E-state index is 0.00818. The topological polar surface area (TPSA) is 38.3 Å². The Morgan fingerprint density at radius 3 is 2.47 bits per heavy atom. The van der Waals surface area contributed by atoms with Gasteiger partial charge in [0.05, 0.1) is 25.2 Å². The number of ketones is 1. The van der Waals surface area contributed by atoms with Gasteiger partial charge in [-0.3, -0.25) is 4.79 Å². The SMILES string of the molecule is O=C([C@@H]1C[C@@H](F)CN1)[C@H](COCc1ccccc1)c1cccc(-c2ccccc2Cl)c1F. The van der Waals surface area contributed by atoms with Crippen molar-refractivity contribution in [2.45, 2.75) is 31.2 Å². The van der Waals surface area contributed by atoms with Crippen molar-refractivity contribution in [1.29, 1.82) is 0 Å². The van der Waals surface area contributed by atoms with E-state index in [9.17, 15) is 9.18 Å². The average molecular weight is 456 g/mol. The van der Waals surface area contributed by atoms with E-state index in [0.717, 1.165) is 5.56 Å². The van der Waals surface area contributed by atoms with Crippen LogP contribution >= 0.6 is 11.6 Å². The van der Waals surface area contributed by atoms with Crippen LogP contribution in [0.3, 0.4) is 0 Å². The lowest BCUT2D eigenvalue weighted by molar-refractivity contribution is -0.123. The Labute approximate surface area is 191 Å². The molecular weight excluding hydrogens is 432 g/mol. The Balaban J connectivity index is 1.64. The van der Waals surface area contributed by atoms with Crippen LogP contribution in [0.5, 0.6) is 0 Å². The fraction of sp³-hybridized carbons (Fsp3) is 0.269. The number of alkyl halides is 1. The first kappa shape index (κ1) is 22.6. The molecule has 0 aromatic heterocycles. The average Bonchev–Trinajstić information content (AvgIpc) is 3.24. The fourth-order valence-corrected chi connectivity index (χ4v) is 4.29. The summed E-state index contributed by atoms with van der Waals surface area (Å²) in [6, 6.07) is 20.8. The van der Waals surface area contributed by atoms with Gasteiger partial charge in [-0.05, 0) is 11.6 Å². The highest BCUT2D eigenvalue weighted by molar-refractivity contribution is 6.33. The number of halogens is 3. The molecule has 0 unspecified atom stereocenters. The number of ether oxygens (including phenoxy) is 1. The van der Waals surface area contributed by atoms with Crippen LogP contribution in [0.15, 0.2) is 72.8 Å². The fourth-order valence-electron chi connectivity index (χ4n) is 4.05. The van der Waals surface area contributed by atoms with E-state index < -0.39 is 23.9 Å². The molecule has 1 aliphatic rings. The molecule has 1 N–H and O–H groups in total. The van der Waals surface area contributed by atoms with Gasteiger partial charge in [-0.1, -0.05) is 78.3 Å². The van der Waals surface area contributed by atoms with Gasteiger partial charge < -0.3 is 10.1 Å². The summed E-state index contributed by atoms with van der Waals surface area (Å²) < 4.78 is 35.3. The zero-order valence-electron chi connectivity index (χ0n) is 17.4. The number of hydrogen-bond acceptors (Lipinski definition) is 3. The predicted molar refractivity (Wildman–Crippen MR) is 122 cm³/mol. The number of carbonyl (C=O) groups excluding carboxylic acids is 1. The van der Waals surface area contributed by atoms with Gasteiger partial charge in [0.15, 0.2) is 5.78 Å². The Kier molecular flexibility index (Phi) is 7.30. The van der Waals surface area contributed by atoms with Crippen molar-refractivity contribution < 1.29 is 18.3 Å². The first-order valence-corrected chi connectivity index (χ1v) is 11.0. The molecule has 3 aromatic carbocycles. The van der Waals surface area contributed by atoms with Crippen LogP contribution in [0.25, 0.3) is 11.1 Å². The highest BCUT2D eigenvalue weighted by Crippen LogP contribution is 2.34. The van der Waals surface area contributed by atoms with Crippen molar-refractivity contribution in [2.75, 3.05) is 13.2 Å². The molecular formula is C26H24ClF2NO2. The third-order valence-corrected chi connectivity index (χ3v) is 6.06. The maximum atomic E-state index is 15.7. The van der Waals surface area contributed by atoms with Crippen LogP contribution in [-0.4, -0.2) is 31.1 Å². The normalized spacial score (nSPS) is 19.1. The molecule has 0 spiro atoms. The number of rotatable bonds is 8. The van der Waals surface area contributed by atoms with Crippen molar-refractivity contribution >= 4 is 17.4 Å². The Morgan fingerprint density at radius 2 is 1.75 bits per heavy atom. The lowest BCUT2D eigenvalue weighted by atomic mass is 9.88. The smallest absolute Gasteiger partial charge is 0.159 e. The van der Waals surface area contributed by atoms with E-state index in [1.165, 1.54) is 0 Å². The monoisotopic (exact) mass is 455 g/mol. The lowest BCUT2D eigenvalue weighted by Gasteiger charge is -2.22. The number of nitrogens with one attached hydrogen (secondary N) is 1. The summed E-state index contributed by atoms with van der Waals surface area (Å²) in [5.41, 5.74) is 2.04. The maximum absolute atomic E-state index is 15.7. The van der Waals surface area contributed by atoms with Gasteiger partial charge in [0.1, 0.15) is 12.0 Å². The molecule has 0 aliphatic carbocycles. The Bertz CT molecular complexity index is 1080. The van der Waals surface area contributed by atoms with Crippen molar-refractivity contribution in [1.82, 2.24) is 5.32 Å². The molecule has 1 heterocycles. The summed E-state index contributed by atoms with van der Waals surface area (Å²) in [5, 5.41) is 3.34. The van der Waals surface area contributed by atoms with Crippen LogP contribution < -0.4 is 5.32 Å². The molecule has 3 atom stereocenters. The highest BCUT2D eigenvalue weighted by Gasteiger charge is 2.36. The number of hydrogen-bond donors (Lipinski definition) is 1. The van der Waals surface area contributed by atoms with E-state index in [1.54, 1.807) is 42.5 Å². The number of benzene rings is 3. The molecule has 1 saturated heterocycles. The van der Waals surface area contributed by atoms with Gasteiger partial charge in [-0.2, -0.15) is 0 Å². The summed E-state index contributed by atoms with van der Waals surface area (Å²) in [5.74, 6) is -1.66. The minimum atomic E-state index is -1.09. The van der Waals surface area contributed by atoms with Gasteiger partial charge in [-0.15, -0.1) is 0 Å². The molecule has 1 aliphatic heterocycles. The first-order chi connectivity index (χ1) is 15.5. The van der Waals surface area contributed by atoms with Gasteiger partial charge in [0.25, 0.3) is 0 Å². The zero-order chi connectivity index (χ0) is 22.5. The molecule has 0 saturated carbocycles. The van der Waals surface area contributed by atoms with E-state index in [1.807, 2.05) is 30.3 Å². The van der Waals surface area contributed by atoms with E-state index in [-0.39, 0.29) is 30.9 Å². The number of carbonyl (C=O) groups is 1. The molecule has 6 heteroatoms. The summed E-state index contributed by atoms with van der Waals surface area (Å²) in [6.07, 6.45) is -1.01.